The maximum absolute atomic E-state index is 12.6. The summed E-state index contributed by atoms with van der Waals surface area (Å²) in [6, 6.07) is 11.3. The van der Waals surface area contributed by atoms with Gasteiger partial charge in [-0.1, -0.05) is 17.3 Å². The average molecular weight is 421 g/mol. The zero-order valence-corrected chi connectivity index (χ0v) is 17.1. The second-order valence-corrected chi connectivity index (χ2v) is 7.78. The molecule has 0 N–H and O–H groups in total. The minimum atomic E-state index is 0.0847. The van der Waals surface area contributed by atoms with E-state index in [1.54, 1.807) is 11.8 Å². The number of carbonyl (C=O) groups excluding carboxylic acids is 1. The normalized spacial score (nSPS) is 14.3. The Balaban J connectivity index is 1.39. The van der Waals surface area contributed by atoms with E-state index in [-0.39, 0.29) is 5.91 Å². The van der Waals surface area contributed by atoms with Crippen molar-refractivity contribution in [2.24, 2.45) is 0 Å². The fourth-order valence-corrected chi connectivity index (χ4v) is 4.25. The quantitative estimate of drug-likeness (QED) is 0.499. The highest BCUT2D eigenvalue weighted by Gasteiger charge is 2.25. The van der Waals surface area contributed by atoms with Crippen LogP contribution in [0.25, 0.3) is 16.9 Å². The largest absolute Gasteiger partial charge is 0.497 e. The van der Waals surface area contributed by atoms with Crippen molar-refractivity contribution in [1.82, 2.24) is 29.9 Å². The molecular formula is C20H19N7O2S. The minimum Gasteiger partial charge on any atom is -0.497 e. The summed E-state index contributed by atoms with van der Waals surface area (Å²) in [6.07, 6.45) is 1.53. The highest BCUT2D eigenvalue weighted by atomic mass is 32.1. The molecule has 152 valence electrons. The van der Waals surface area contributed by atoms with Gasteiger partial charge in [0.2, 0.25) is 0 Å². The van der Waals surface area contributed by atoms with Crippen molar-refractivity contribution in [2.75, 3.05) is 38.2 Å². The molecule has 0 unspecified atom stereocenters. The number of hydrogen-bond donors (Lipinski definition) is 0. The van der Waals surface area contributed by atoms with E-state index >= 15 is 0 Å². The lowest BCUT2D eigenvalue weighted by Gasteiger charge is -2.35. The Hall–Kier alpha value is -3.53. The van der Waals surface area contributed by atoms with Gasteiger partial charge in [0.05, 0.1) is 17.7 Å². The minimum absolute atomic E-state index is 0.0847. The van der Waals surface area contributed by atoms with Gasteiger partial charge in [0, 0.05) is 32.2 Å². The van der Waals surface area contributed by atoms with Crippen LogP contribution in [0.15, 0.2) is 48.1 Å². The van der Waals surface area contributed by atoms with E-state index in [1.165, 1.54) is 17.7 Å². The fourth-order valence-electron chi connectivity index (χ4n) is 3.56. The van der Waals surface area contributed by atoms with Crippen LogP contribution in [0, 0.1) is 0 Å². The Kier molecular flexibility index (Phi) is 4.75. The summed E-state index contributed by atoms with van der Waals surface area (Å²) < 4.78 is 6.99. The van der Waals surface area contributed by atoms with E-state index in [4.69, 9.17) is 4.74 Å². The van der Waals surface area contributed by atoms with E-state index in [9.17, 15) is 4.79 Å². The lowest BCUT2D eigenvalue weighted by Crippen LogP contribution is -2.49. The Morgan fingerprint density at radius 2 is 1.97 bits per heavy atom. The number of anilines is 1. The van der Waals surface area contributed by atoms with E-state index in [1.807, 2.05) is 46.7 Å². The van der Waals surface area contributed by atoms with Gasteiger partial charge in [-0.25, -0.2) is 9.97 Å². The van der Waals surface area contributed by atoms with Gasteiger partial charge in [-0.3, -0.25) is 4.79 Å². The van der Waals surface area contributed by atoms with Crippen LogP contribution < -0.4 is 9.64 Å². The predicted molar refractivity (Wildman–Crippen MR) is 113 cm³/mol. The number of amides is 1. The molecule has 9 nitrogen and oxygen atoms in total. The molecular weight excluding hydrogens is 402 g/mol. The van der Waals surface area contributed by atoms with Crippen LogP contribution in [0.4, 0.5) is 5.82 Å². The Morgan fingerprint density at radius 1 is 1.10 bits per heavy atom. The third-order valence-electron chi connectivity index (χ3n) is 5.11. The molecule has 0 aliphatic carbocycles. The summed E-state index contributed by atoms with van der Waals surface area (Å²) in [6.45, 7) is 2.61. The van der Waals surface area contributed by atoms with Gasteiger partial charge < -0.3 is 14.5 Å². The van der Waals surface area contributed by atoms with Crippen molar-refractivity contribution in [3.8, 4) is 11.4 Å². The smallest absolute Gasteiger partial charge is 0.264 e. The molecule has 10 heteroatoms. The van der Waals surface area contributed by atoms with Crippen molar-refractivity contribution < 1.29 is 9.53 Å². The molecule has 1 aliphatic heterocycles. The molecule has 4 aromatic rings. The predicted octanol–water partition coefficient (Wildman–Crippen LogP) is 2.24. The molecule has 0 atom stereocenters. The number of carbonyl (C=O) groups is 1. The highest BCUT2D eigenvalue weighted by molar-refractivity contribution is 7.12. The summed E-state index contributed by atoms with van der Waals surface area (Å²) in [5, 5.41) is 10.6. The maximum Gasteiger partial charge on any atom is 0.264 e. The first-order valence-corrected chi connectivity index (χ1v) is 10.4. The molecule has 1 aromatic carbocycles. The molecule has 3 aromatic heterocycles. The maximum atomic E-state index is 12.6. The molecule has 0 saturated carbocycles. The van der Waals surface area contributed by atoms with Crippen LogP contribution in [-0.4, -0.2) is 69.1 Å². The van der Waals surface area contributed by atoms with Crippen LogP contribution in [0.3, 0.4) is 0 Å². The monoisotopic (exact) mass is 421 g/mol. The van der Waals surface area contributed by atoms with Crippen molar-refractivity contribution in [3.05, 3.63) is 53.0 Å². The summed E-state index contributed by atoms with van der Waals surface area (Å²) in [4.78, 5) is 26.2. The summed E-state index contributed by atoms with van der Waals surface area (Å²) in [5.74, 6) is 1.55. The van der Waals surface area contributed by atoms with Crippen LogP contribution in [0.1, 0.15) is 9.67 Å². The fraction of sp³-hybridized carbons (Fsp3) is 0.250. The van der Waals surface area contributed by atoms with Gasteiger partial charge in [-0.05, 0) is 23.6 Å². The number of benzene rings is 1. The number of ether oxygens (including phenoxy) is 1. The van der Waals surface area contributed by atoms with Crippen molar-refractivity contribution in [3.63, 3.8) is 0 Å². The first-order chi connectivity index (χ1) is 14.7. The number of methoxy groups -OCH3 is 1. The molecule has 0 radical (unpaired) electrons. The number of piperazine rings is 1. The molecule has 4 heterocycles. The summed E-state index contributed by atoms with van der Waals surface area (Å²) in [7, 11) is 1.63. The van der Waals surface area contributed by atoms with Crippen LogP contribution in [0.5, 0.6) is 5.75 Å². The number of thiophene rings is 1. The van der Waals surface area contributed by atoms with E-state index in [0.29, 0.717) is 37.3 Å². The van der Waals surface area contributed by atoms with Gasteiger partial charge in [-0.15, -0.1) is 16.4 Å². The average Bonchev–Trinajstić information content (AvgIpc) is 3.49. The standard InChI is InChI=1S/C20H19N7O2S/c1-29-15-5-2-4-14(12-15)27-19-17(23-24-27)18(21-13-22-19)25-7-9-26(10-8-25)20(28)16-6-3-11-30-16/h2-6,11-13H,7-10H2,1H3. The van der Waals surface area contributed by atoms with Crippen molar-refractivity contribution in [2.45, 2.75) is 0 Å². The van der Waals surface area contributed by atoms with Crippen molar-refractivity contribution >= 4 is 34.2 Å². The number of aromatic nitrogens is 5. The topological polar surface area (TPSA) is 89.3 Å². The third kappa shape index (κ3) is 3.24. The SMILES string of the molecule is COc1cccc(-n2nnc3c(N4CCN(C(=O)c5cccs5)CC4)ncnc32)c1. The third-order valence-corrected chi connectivity index (χ3v) is 5.97. The van der Waals surface area contributed by atoms with Gasteiger partial charge in [0.15, 0.2) is 17.0 Å². The molecule has 30 heavy (non-hydrogen) atoms. The van der Waals surface area contributed by atoms with Gasteiger partial charge >= 0.3 is 0 Å². The van der Waals surface area contributed by atoms with E-state index in [2.05, 4.69) is 25.2 Å². The lowest BCUT2D eigenvalue weighted by molar-refractivity contribution is 0.0751. The first-order valence-electron chi connectivity index (χ1n) is 9.53. The Bertz CT molecular complexity index is 1180. The summed E-state index contributed by atoms with van der Waals surface area (Å²) in [5.41, 5.74) is 2.08. The second-order valence-electron chi connectivity index (χ2n) is 6.83. The zero-order valence-electron chi connectivity index (χ0n) is 16.3. The van der Waals surface area contributed by atoms with Gasteiger partial charge in [0.25, 0.3) is 5.91 Å². The molecule has 1 aliphatic rings. The molecule has 1 fully saturated rings. The zero-order chi connectivity index (χ0) is 20.5. The molecule has 5 rings (SSSR count). The van der Waals surface area contributed by atoms with E-state index < -0.39 is 0 Å². The number of hydrogen-bond acceptors (Lipinski definition) is 8. The number of nitrogens with zero attached hydrogens (tertiary/aromatic N) is 7. The summed E-state index contributed by atoms with van der Waals surface area (Å²) >= 11 is 1.47. The number of rotatable bonds is 4. The molecule has 1 saturated heterocycles. The van der Waals surface area contributed by atoms with Gasteiger partial charge in [0.1, 0.15) is 12.1 Å². The van der Waals surface area contributed by atoms with Crippen LogP contribution in [-0.2, 0) is 0 Å². The Labute approximate surface area is 176 Å². The highest BCUT2D eigenvalue weighted by Crippen LogP contribution is 2.25. The van der Waals surface area contributed by atoms with Crippen molar-refractivity contribution in [1.29, 1.82) is 0 Å². The van der Waals surface area contributed by atoms with E-state index in [0.717, 1.165) is 22.1 Å². The van der Waals surface area contributed by atoms with Crippen LogP contribution in [0.2, 0.25) is 0 Å². The molecule has 1 amide bonds. The molecule has 0 bridgehead atoms. The lowest BCUT2D eigenvalue weighted by atomic mass is 10.2. The first kappa shape index (κ1) is 18.5. The Morgan fingerprint density at radius 3 is 2.73 bits per heavy atom. The van der Waals surface area contributed by atoms with Gasteiger partial charge in [-0.2, -0.15) is 4.68 Å². The number of fused-ring (bicyclic) bond motifs is 1. The molecule has 0 spiro atoms. The van der Waals surface area contributed by atoms with Crippen LogP contribution >= 0.6 is 11.3 Å². The second kappa shape index (κ2) is 7.71.